The number of nitrogens with one attached hydrogen (secondary N) is 2. The largest absolute Gasteiger partial charge is 0.457 e. The Labute approximate surface area is 266 Å². The van der Waals surface area contributed by atoms with E-state index in [1.807, 2.05) is 42.5 Å². The lowest BCUT2D eigenvalue weighted by atomic mass is 9.74. The minimum absolute atomic E-state index is 0.103. The molecule has 2 aromatic rings. The van der Waals surface area contributed by atoms with Gasteiger partial charge in [0.2, 0.25) is 17.7 Å². The van der Waals surface area contributed by atoms with E-state index in [0.717, 1.165) is 57.4 Å². The number of benzene rings is 2. The quantitative estimate of drug-likeness (QED) is 0.303. The van der Waals surface area contributed by atoms with Crippen LogP contribution < -0.4 is 15.4 Å². The molecule has 1 saturated carbocycles. The number of ether oxygens (including phenoxy) is 2. The molecule has 9 heteroatoms. The molecule has 0 aromatic heterocycles. The number of amides is 3. The summed E-state index contributed by atoms with van der Waals surface area (Å²) in [6, 6.07) is 16.0. The fourth-order valence-electron chi connectivity index (χ4n) is 7.71. The number of likely N-dealkylation sites (tertiary alicyclic amines) is 1. The summed E-state index contributed by atoms with van der Waals surface area (Å²) in [7, 11) is 0. The Morgan fingerprint density at radius 1 is 0.933 bits per heavy atom. The zero-order valence-electron chi connectivity index (χ0n) is 26.5. The Kier molecular flexibility index (Phi) is 9.56. The molecular weight excluding hydrogens is 568 g/mol. The van der Waals surface area contributed by atoms with Gasteiger partial charge in [0.1, 0.15) is 23.1 Å². The summed E-state index contributed by atoms with van der Waals surface area (Å²) in [6.45, 7) is 7.25. The van der Waals surface area contributed by atoms with E-state index in [1.54, 1.807) is 29.2 Å². The van der Waals surface area contributed by atoms with E-state index < -0.39 is 29.6 Å². The lowest BCUT2D eigenvalue weighted by Gasteiger charge is -2.35. The van der Waals surface area contributed by atoms with Crippen molar-refractivity contribution in [2.45, 2.75) is 82.6 Å². The first kappa shape index (κ1) is 31.3. The van der Waals surface area contributed by atoms with Crippen LogP contribution in [-0.2, 0) is 19.1 Å². The van der Waals surface area contributed by atoms with E-state index in [4.69, 9.17) is 9.47 Å². The zero-order chi connectivity index (χ0) is 31.4. The number of rotatable bonds is 13. The molecule has 45 heavy (non-hydrogen) atoms. The average molecular weight is 615 g/mol. The van der Waals surface area contributed by atoms with Gasteiger partial charge >= 0.3 is 0 Å². The van der Waals surface area contributed by atoms with Crippen LogP contribution in [0.5, 0.6) is 11.5 Å². The SMILES string of the molecule is CCCN(CCC)CCN1C(=O)[C@H]2[C@@H](C(=O)Nc3ccc(Oc4ccccc4)cc3)[C@H]3C=C[C@@]2(O3)[C@@H]1C(=O)NC1CCCCC1. The van der Waals surface area contributed by atoms with Crippen molar-refractivity contribution >= 4 is 23.4 Å². The first-order chi connectivity index (χ1) is 21.9. The summed E-state index contributed by atoms with van der Waals surface area (Å²) in [5.41, 5.74) is -0.555. The maximum Gasteiger partial charge on any atom is 0.246 e. The molecule has 3 amide bonds. The second-order valence-corrected chi connectivity index (χ2v) is 12.8. The van der Waals surface area contributed by atoms with Gasteiger partial charge in [0.05, 0.1) is 17.9 Å². The van der Waals surface area contributed by atoms with Gasteiger partial charge in [0.15, 0.2) is 0 Å². The Bertz CT molecular complexity index is 1370. The molecule has 3 aliphatic heterocycles. The van der Waals surface area contributed by atoms with E-state index in [1.165, 1.54) is 6.42 Å². The number of hydrogen-bond donors (Lipinski definition) is 2. The van der Waals surface area contributed by atoms with E-state index in [0.29, 0.717) is 24.5 Å². The van der Waals surface area contributed by atoms with Crippen LogP contribution in [0.3, 0.4) is 0 Å². The summed E-state index contributed by atoms with van der Waals surface area (Å²) in [6.07, 6.45) is 10.5. The molecule has 2 saturated heterocycles. The average Bonchev–Trinajstić information content (AvgIpc) is 3.69. The Morgan fingerprint density at radius 2 is 1.62 bits per heavy atom. The van der Waals surface area contributed by atoms with Gasteiger partial charge in [-0.15, -0.1) is 0 Å². The Morgan fingerprint density at radius 3 is 2.31 bits per heavy atom. The Hall–Kier alpha value is -3.69. The van der Waals surface area contributed by atoms with E-state index in [-0.39, 0.29) is 23.8 Å². The van der Waals surface area contributed by atoms with Gasteiger partial charge in [-0.2, -0.15) is 0 Å². The van der Waals surface area contributed by atoms with Gasteiger partial charge in [-0.3, -0.25) is 14.4 Å². The maximum atomic E-state index is 14.3. The molecule has 2 aromatic carbocycles. The van der Waals surface area contributed by atoms with Crippen LogP contribution in [0, 0.1) is 11.8 Å². The van der Waals surface area contributed by atoms with Crippen molar-refractivity contribution in [3.05, 3.63) is 66.7 Å². The lowest BCUT2D eigenvalue weighted by molar-refractivity contribution is -0.141. The molecule has 3 heterocycles. The molecule has 4 aliphatic rings. The first-order valence-corrected chi connectivity index (χ1v) is 16.8. The van der Waals surface area contributed by atoms with E-state index in [9.17, 15) is 14.4 Å². The molecule has 6 rings (SSSR count). The van der Waals surface area contributed by atoms with E-state index in [2.05, 4.69) is 29.4 Å². The van der Waals surface area contributed by atoms with E-state index >= 15 is 0 Å². The third kappa shape index (κ3) is 6.38. The monoisotopic (exact) mass is 614 g/mol. The van der Waals surface area contributed by atoms with Crippen LogP contribution in [0.1, 0.15) is 58.8 Å². The highest BCUT2D eigenvalue weighted by atomic mass is 16.5. The highest BCUT2D eigenvalue weighted by molar-refractivity contribution is 6.02. The van der Waals surface area contributed by atoms with Gasteiger partial charge in [0, 0.05) is 24.8 Å². The standard InChI is InChI=1S/C36H46N4O5/c1-3-21-39(22-4-2)23-24-40-32(34(42)38-25-11-7-5-8-12-25)36-20-19-29(45-36)30(31(36)35(40)43)33(41)37-26-15-17-28(18-16-26)44-27-13-9-6-10-14-27/h6,9-10,13-20,25,29-32H,3-5,7-8,11-12,21-24H2,1-2H3,(H,37,41)(H,38,42)/t29-,30+,31-,32+,36+/m1/s1. The minimum Gasteiger partial charge on any atom is -0.457 e. The van der Waals surface area contributed by atoms with Gasteiger partial charge in [-0.1, -0.05) is 63.5 Å². The van der Waals surface area contributed by atoms with Crippen molar-refractivity contribution < 1.29 is 23.9 Å². The molecule has 1 spiro atoms. The summed E-state index contributed by atoms with van der Waals surface area (Å²) in [5, 5.41) is 6.28. The van der Waals surface area contributed by atoms with Crippen LogP contribution in [0.4, 0.5) is 5.69 Å². The van der Waals surface area contributed by atoms with Crippen LogP contribution >= 0.6 is 0 Å². The normalized spacial score (nSPS) is 27.2. The number of nitrogens with zero attached hydrogens (tertiary/aromatic N) is 2. The fraction of sp³-hybridized carbons (Fsp3) is 0.528. The smallest absolute Gasteiger partial charge is 0.246 e. The van der Waals surface area contributed by atoms with Crippen molar-refractivity contribution in [1.82, 2.24) is 15.1 Å². The number of anilines is 1. The summed E-state index contributed by atoms with van der Waals surface area (Å²) >= 11 is 0. The Balaban J connectivity index is 1.21. The van der Waals surface area contributed by atoms with Crippen molar-refractivity contribution in [2.75, 3.05) is 31.5 Å². The van der Waals surface area contributed by atoms with Crippen LogP contribution in [0.2, 0.25) is 0 Å². The number of para-hydroxylation sites is 1. The molecule has 3 fully saturated rings. The predicted octanol–water partition coefficient (Wildman–Crippen LogP) is 5.14. The number of fused-ring (bicyclic) bond motifs is 1. The molecule has 1 aliphatic carbocycles. The molecule has 0 radical (unpaired) electrons. The number of carbonyl (C=O) groups excluding carboxylic acids is 3. The second-order valence-electron chi connectivity index (χ2n) is 12.8. The molecule has 0 unspecified atom stereocenters. The van der Waals surface area contributed by atoms with Crippen molar-refractivity contribution in [1.29, 1.82) is 0 Å². The highest BCUT2D eigenvalue weighted by Gasteiger charge is 2.72. The third-order valence-electron chi connectivity index (χ3n) is 9.71. The zero-order valence-corrected chi connectivity index (χ0v) is 26.5. The van der Waals surface area contributed by atoms with Gasteiger partial charge in [-0.05, 0) is 75.2 Å². The molecule has 9 nitrogen and oxygen atoms in total. The number of hydrogen-bond acceptors (Lipinski definition) is 6. The molecular formula is C36H46N4O5. The van der Waals surface area contributed by atoms with Crippen molar-refractivity contribution in [3.8, 4) is 11.5 Å². The summed E-state index contributed by atoms with van der Waals surface area (Å²) < 4.78 is 12.4. The minimum atomic E-state index is -1.16. The molecule has 240 valence electrons. The van der Waals surface area contributed by atoms with Gasteiger partial charge < -0.3 is 29.9 Å². The van der Waals surface area contributed by atoms with Crippen LogP contribution in [0.25, 0.3) is 0 Å². The molecule has 2 N–H and O–H groups in total. The molecule has 5 atom stereocenters. The third-order valence-corrected chi connectivity index (χ3v) is 9.71. The summed E-state index contributed by atoms with van der Waals surface area (Å²) in [4.78, 5) is 46.3. The predicted molar refractivity (Wildman–Crippen MR) is 173 cm³/mol. The lowest BCUT2D eigenvalue weighted by Crippen LogP contribution is -2.57. The highest BCUT2D eigenvalue weighted by Crippen LogP contribution is 2.55. The van der Waals surface area contributed by atoms with Crippen molar-refractivity contribution in [3.63, 3.8) is 0 Å². The fourth-order valence-corrected chi connectivity index (χ4v) is 7.71. The van der Waals surface area contributed by atoms with Crippen molar-refractivity contribution in [2.24, 2.45) is 11.8 Å². The van der Waals surface area contributed by atoms with Gasteiger partial charge in [0.25, 0.3) is 0 Å². The first-order valence-electron chi connectivity index (χ1n) is 16.8. The second kappa shape index (κ2) is 13.7. The molecule has 2 bridgehead atoms. The van der Waals surface area contributed by atoms with Gasteiger partial charge in [-0.25, -0.2) is 0 Å². The van der Waals surface area contributed by atoms with Crippen LogP contribution in [0.15, 0.2) is 66.7 Å². The van der Waals surface area contributed by atoms with Crippen LogP contribution in [-0.4, -0.2) is 77.5 Å². The topological polar surface area (TPSA) is 100 Å². The number of carbonyl (C=O) groups is 3. The summed E-state index contributed by atoms with van der Waals surface area (Å²) in [5.74, 6) is -0.752. The maximum absolute atomic E-state index is 14.3.